The predicted molar refractivity (Wildman–Crippen MR) is 58.0 cm³/mol. The van der Waals surface area contributed by atoms with Crippen molar-refractivity contribution in [2.45, 2.75) is 13.8 Å². The zero-order chi connectivity index (χ0) is 9.40. The Kier molecular flexibility index (Phi) is 5.72. The van der Waals surface area contributed by atoms with E-state index < -0.39 is 0 Å². The minimum absolute atomic E-state index is 1.14. The fraction of sp³-hybridized carbons (Fsp3) is 0.167. The Labute approximate surface area is 75.2 Å². The monoisotopic (exact) mass is 160 g/mol. The lowest BCUT2D eigenvalue weighted by Gasteiger charge is -1.93. The van der Waals surface area contributed by atoms with Crippen molar-refractivity contribution in [1.29, 1.82) is 0 Å². The molecular weight excluding hydrogens is 144 g/mol. The molecule has 0 spiro atoms. The first-order chi connectivity index (χ1) is 5.86. The van der Waals surface area contributed by atoms with Crippen molar-refractivity contribution in [2.24, 2.45) is 0 Å². The van der Waals surface area contributed by atoms with Gasteiger partial charge in [0.05, 0.1) is 0 Å². The second kappa shape index (κ2) is 6.41. The first-order valence-electron chi connectivity index (χ1n) is 4.22. The van der Waals surface area contributed by atoms with Crippen molar-refractivity contribution in [1.82, 2.24) is 0 Å². The first-order valence-corrected chi connectivity index (χ1v) is 4.22. The van der Waals surface area contributed by atoms with E-state index in [1.54, 1.807) is 0 Å². The summed E-state index contributed by atoms with van der Waals surface area (Å²) < 4.78 is 0. The molecule has 0 aliphatic carbocycles. The van der Waals surface area contributed by atoms with E-state index in [4.69, 9.17) is 0 Å². The summed E-state index contributed by atoms with van der Waals surface area (Å²) in [7, 11) is 0. The molecule has 0 heterocycles. The summed E-state index contributed by atoms with van der Waals surface area (Å²) in [5, 5.41) is 0. The molecule has 0 aromatic heterocycles. The highest BCUT2D eigenvalue weighted by atomic mass is 13.9. The van der Waals surface area contributed by atoms with Crippen molar-refractivity contribution in [3.8, 4) is 0 Å². The Hall–Kier alpha value is -1.30. The molecule has 0 radical (unpaired) electrons. The zero-order valence-electron chi connectivity index (χ0n) is 7.88. The van der Waals surface area contributed by atoms with Gasteiger partial charge in [-0.1, -0.05) is 57.4 Å². The first kappa shape index (κ1) is 10.7. The molecule has 0 atom stereocenters. The topological polar surface area (TPSA) is 0 Å². The van der Waals surface area contributed by atoms with Gasteiger partial charge in [-0.2, -0.15) is 0 Å². The van der Waals surface area contributed by atoms with Gasteiger partial charge in [-0.25, -0.2) is 0 Å². The van der Waals surface area contributed by atoms with Crippen molar-refractivity contribution < 1.29 is 0 Å². The van der Waals surface area contributed by atoms with E-state index in [1.165, 1.54) is 0 Å². The summed E-state index contributed by atoms with van der Waals surface area (Å²) in [5.74, 6) is 0. The molecule has 0 amide bonds. The second-order valence-electron chi connectivity index (χ2n) is 2.08. The van der Waals surface area contributed by atoms with Crippen LogP contribution >= 0.6 is 0 Å². The maximum absolute atomic E-state index is 3.67. The van der Waals surface area contributed by atoms with E-state index in [9.17, 15) is 0 Å². The molecule has 0 saturated carbocycles. The lowest BCUT2D eigenvalue weighted by atomic mass is 10.1. The smallest absolute Gasteiger partial charge is 0.0257 e. The van der Waals surface area contributed by atoms with Gasteiger partial charge in [0.15, 0.2) is 0 Å². The Morgan fingerprint density at radius 1 is 1.00 bits per heavy atom. The quantitative estimate of drug-likeness (QED) is 0.613. The maximum atomic E-state index is 3.67. The molecule has 1 aromatic rings. The summed E-state index contributed by atoms with van der Waals surface area (Å²) in [6.45, 7) is 11.3. The number of hydrogen-bond donors (Lipinski definition) is 0. The highest BCUT2D eigenvalue weighted by Gasteiger charge is 1.85. The minimum atomic E-state index is 1.14. The summed E-state index contributed by atoms with van der Waals surface area (Å²) in [5.41, 5.74) is 2.27. The van der Waals surface area contributed by atoms with Crippen molar-refractivity contribution in [3.63, 3.8) is 0 Å². The van der Waals surface area contributed by atoms with Crippen LogP contribution in [0.25, 0.3) is 12.2 Å². The van der Waals surface area contributed by atoms with Gasteiger partial charge < -0.3 is 0 Å². The summed E-state index contributed by atoms with van der Waals surface area (Å²) >= 11 is 0. The lowest BCUT2D eigenvalue weighted by Crippen LogP contribution is -1.72. The van der Waals surface area contributed by atoms with Crippen LogP contribution in [0.1, 0.15) is 25.0 Å². The van der Waals surface area contributed by atoms with E-state index in [0.717, 1.165) is 11.1 Å². The number of hydrogen-bond acceptors (Lipinski definition) is 0. The molecule has 1 aromatic carbocycles. The van der Waals surface area contributed by atoms with E-state index in [-0.39, 0.29) is 0 Å². The molecule has 0 unspecified atom stereocenters. The zero-order valence-corrected chi connectivity index (χ0v) is 7.88. The molecule has 12 heavy (non-hydrogen) atoms. The van der Waals surface area contributed by atoms with Crippen LogP contribution in [-0.4, -0.2) is 0 Å². The number of rotatable bonds is 2. The van der Waals surface area contributed by atoms with E-state index in [0.29, 0.717) is 0 Å². The standard InChI is InChI=1S/C10H10.C2H6/c1-3-9-6-5-7-10(4-2)8-9;1-2/h3-8H,1-2H2;1-2H3. The van der Waals surface area contributed by atoms with Gasteiger partial charge in [-0.05, 0) is 17.2 Å². The Balaban J connectivity index is 0.000000561. The average Bonchev–Trinajstić information content (AvgIpc) is 2.21. The molecule has 0 aliphatic rings. The van der Waals surface area contributed by atoms with Crippen LogP contribution in [0.2, 0.25) is 0 Å². The van der Waals surface area contributed by atoms with E-state index in [1.807, 2.05) is 50.3 Å². The van der Waals surface area contributed by atoms with Gasteiger partial charge in [-0.3, -0.25) is 0 Å². The minimum Gasteiger partial charge on any atom is -0.0985 e. The third kappa shape index (κ3) is 3.20. The average molecular weight is 160 g/mol. The summed E-state index contributed by atoms with van der Waals surface area (Å²) in [4.78, 5) is 0. The molecule has 1 rings (SSSR count). The molecule has 64 valence electrons. The predicted octanol–water partition coefficient (Wildman–Crippen LogP) is 4.00. The van der Waals surface area contributed by atoms with Gasteiger partial charge in [0.2, 0.25) is 0 Å². The highest BCUT2D eigenvalue weighted by Crippen LogP contribution is 2.06. The SMILES string of the molecule is C=Cc1cccc(C=C)c1.CC. The van der Waals surface area contributed by atoms with Gasteiger partial charge in [0, 0.05) is 0 Å². The van der Waals surface area contributed by atoms with Crippen molar-refractivity contribution >= 4 is 12.2 Å². The van der Waals surface area contributed by atoms with Crippen molar-refractivity contribution in [3.05, 3.63) is 48.6 Å². The normalized spacial score (nSPS) is 7.83. The molecule has 0 heteroatoms. The molecule has 0 nitrogen and oxygen atoms in total. The third-order valence-electron chi connectivity index (χ3n) is 1.38. The van der Waals surface area contributed by atoms with Gasteiger partial charge in [0.25, 0.3) is 0 Å². The van der Waals surface area contributed by atoms with Crippen LogP contribution in [0.3, 0.4) is 0 Å². The van der Waals surface area contributed by atoms with Crippen LogP contribution in [0.4, 0.5) is 0 Å². The molecule has 0 aliphatic heterocycles. The third-order valence-corrected chi connectivity index (χ3v) is 1.38. The van der Waals surface area contributed by atoms with Crippen LogP contribution in [0.15, 0.2) is 37.4 Å². The maximum Gasteiger partial charge on any atom is -0.0257 e. The Morgan fingerprint density at radius 3 is 1.75 bits per heavy atom. The van der Waals surface area contributed by atoms with E-state index >= 15 is 0 Å². The lowest BCUT2D eigenvalue weighted by molar-refractivity contribution is 1.50. The fourth-order valence-corrected chi connectivity index (χ4v) is 0.813. The largest absolute Gasteiger partial charge is 0.0985 e. The van der Waals surface area contributed by atoms with Gasteiger partial charge in [-0.15, -0.1) is 0 Å². The van der Waals surface area contributed by atoms with E-state index in [2.05, 4.69) is 13.2 Å². The molecular formula is C12H16. The van der Waals surface area contributed by atoms with Crippen LogP contribution in [0, 0.1) is 0 Å². The second-order valence-corrected chi connectivity index (χ2v) is 2.08. The summed E-state index contributed by atoms with van der Waals surface area (Å²) in [6, 6.07) is 8.06. The van der Waals surface area contributed by atoms with Crippen LogP contribution in [-0.2, 0) is 0 Å². The van der Waals surface area contributed by atoms with Crippen LogP contribution in [0.5, 0.6) is 0 Å². The highest BCUT2D eigenvalue weighted by molar-refractivity contribution is 5.55. The van der Waals surface area contributed by atoms with Crippen LogP contribution < -0.4 is 0 Å². The Bertz CT molecular complexity index is 223. The Morgan fingerprint density at radius 2 is 1.42 bits per heavy atom. The summed E-state index contributed by atoms with van der Waals surface area (Å²) in [6.07, 6.45) is 3.65. The molecule has 0 bridgehead atoms. The fourth-order valence-electron chi connectivity index (χ4n) is 0.813. The molecule has 0 fully saturated rings. The number of benzene rings is 1. The van der Waals surface area contributed by atoms with Gasteiger partial charge >= 0.3 is 0 Å². The van der Waals surface area contributed by atoms with Gasteiger partial charge in [0.1, 0.15) is 0 Å². The molecule has 0 N–H and O–H groups in total. The molecule has 0 saturated heterocycles. The van der Waals surface area contributed by atoms with Crippen molar-refractivity contribution in [2.75, 3.05) is 0 Å².